The maximum atomic E-state index is 12.7. The van der Waals surface area contributed by atoms with E-state index < -0.39 is 22.9 Å². The molecule has 158 valence electrons. The van der Waals surface area contributed by atoms with Gasteiger partial charge in [-0.05, 0) is 66.2 Å². The van der Waals surface area contributed by atoms with E-state index in [-0.39, 0.29) is 11.9 Å². The molecule has 3 rings (SSSR count). The van der Waals surface area contributed by atoms with Gasteiger partial charge in [-0.25, -0.2) is 0 Å². The van der Waals surface area contributed by atoms with Crippen LogP contribution in [0.3, 0.4) is 0 Å². The Morgan fingerprint density at radius 3 is 2.59 bits per heavy atom. The second-order valence-corrected chi connectivity index (χ2v) is 9.99. The van der Waals surface area contributed by atoms with Crippen molar-refractivity contribution in [2.24, 2.45) is 0 Å². The van der Waals surface area contributed by atoms with Crippen LogP contribution in [-0.4, -0.2) is 45.4 Å². The first-order valence-corrected chi connectivity index (χ1v) is 10.3. The predicted molar refractivity (Wildman–Crippen MR) is 109 cm³/mol. The summed E-state index contributed by atoms with van der Waals surface area (Å²) in [5, 5.41) is 19.7. The molecule has 6 nitrogen and oxygen atoms in total. The van der Waals surface area contributed by atoms with E-state index in [9.17, 15) is 15.2 Å². The zero-order valence-electron chi connectivity index (χ0n) is 18.3. The monoisotopic (exact) mass is 400 g/mol. The molecule has 2 atom stereocenters. The van der Waals surface area contributed by atoms with Crippen molar-refractivity contribution >= 4 is 5.91 Å². The van der Waals surface area contributed by atoms with Crippen LogP contribution >= 0.6 is 0 Å². The van der Waals surface area contributed by atoms with Crippen LogP contribution in [-0.2, 0) is 9.53 Å². The molecule has 1 amide bonds. The fraction of sp³-hybridized carbons (Fsp3) is 0.652. The van der Waals surface area contributed by atoms with Crippen molar-refractivity contribution in [1.29, 1.82) is 5.26 Å². The fourth-order valence-corrected chi connectivity index (χ4v) is 4.75. The number of benzene rings is 1. The molecule has 2 aliphatic rings. The fourth-order valence-electron chi connectivity index (χ4n) is 4.75. The van der Waals surface area contributed by atoms with Gasteiger partial charge < -0.3 is 19.5 Å². The molecular weight excluding hydrogens is 368 g/mol. The van der Waals surface area contributed by atoms with Crippen molar-refractivity contribution in [3.05, 3.63) is 29.3 Å². The molecule has 0 aliphatic carbocycles. The number of nitrogens with zero attached hydrogens (tertiary/aromatic N) is 2. The number of carbonyl (C=O) groups is 1. The predicted octanol–water partition coefficient (Wildman–Crippen LogP) is 3.72. The molecule has 1 fully saturated rings. The minimum atomic E-state index is -0.895. The molecule has 2 heterocycles. The highest BCUT2D eigenvalue weighted by molar-refractivity contribution is 5.79. The smallest absolute Gasteiger partial charge is 0.223 e. The van der Waals surface area contributed by atoms with Crippen LogP contribution in [0.25, 0.3) is 0 Å². The van der Waals surface area contributed by atoms with E-state index in [1.54, 1.807) is 32.0 Å². The number of ether oxygens (including phenoxy) is 2. The highest BCUT2D eigenvalue weighted by atomic mass is 16.6. The van der Waals surface area contributed by atoms with Crippen molar-refractivity contribution in [2.45, 2.75) is 89.8 Å². The van der Waals surface area contributed by atoms with Crippen molar-refractivity contribution in [3.8, 4) is 11.8 Å². The van der Waals surface area contributed by atoms with E-state index in [1.807, 2.05) is 32.6 Å². The SMILES string of the molecule is CC(C)(O)CC(C)(C)OC1C(N2CCCC2=O)c2cc(C#N)ccc2OC1(C)C. The van der Waals surface area contributed by atoms with Gasteiger partial charge in [0.05, 0.1) is 28.9 Å². The lowest BCUT2D eigenvalue weighted by Gasteiger charge is -2.50. The molecule has 1 aromatic rings. The third-order valence-corrected chi connectivity index (χ3v) is 5.55. The molecule has 1 N–H and O–H groups in total. The minimum absolute atomic E-state index is 0.0925. The third-order valence-electron chi connectivity index (χ3n) is 5.55. The van der Waals surface area contributed by atoms with E-state index >= 15 is 0 Å². The summed E-state index contributed by atoms with van der Waals surface area (Å²) in [5.74, 6) is 0.772. The maximum absolute atomic E-state index is 12.7. The van der Waals surface area contributed by atoms with E-state index in [1.165, 1.54) is 0 Å². The lowest BCUT2D eigenvalue weighted by Crippen LogP contribution is -2.57. The zero-order valence-corrected chi connectivity index (χ0v) is 18.3. The second kappa shape index (κ2) is 7.30. The van der Waals surface area contributed by atoms with Gasteiger partial charge in [-0.1, -0.05) is 0 Å². The topological polar surface area (TPSA) is 82.8 Å². The summed E-state index contributed by atoms with van der Waals surface area (Å²) in [6.07, 6.45) is 1.30. The Bertz CT molecular complexity index is 832. The molecule has 0 bridgehead atoms. The molecule has 29 heavy (non-hydrogen) atoms. The Hall–Kier alpha value is -2.10. The molecule has 1 saturated heterocycles. The van der Waals surface area contributed by atoms with E-state index in [0.717, 1.165) is 12.0 Å². The van der Waals surface area contributed by atoms with Crippen LogP contribution in [0.1, 0.15) is 78.0 Å². The van der Waals surface area contributed by atoms with Gasteiger partial charge in [-0.2, -0.15) is 5.26 Å². The number of nitriles is 1. The number of hydrogen-bond acceptors (Lipinski definition) is 5. The lowest BCUT2D eigenvalue weighted by atomic mass is 9.83. The van der Waals surface area contributed by atoms with Crippen LogP contribution in [0.4, 0.5) is 0 Å². The van der Waals surface area contributed by atoms with Crippen molar-refractivity contribution < 1.29 is 19.4 Å². The third kappa shape index (κ3) is 4.57. The Balaban J connectivity index is 2.08. The van der Waals surface area contributed by atoms with Gasteiger partial charge in [0.2, 0.25) is 5.91 Å². The van der Waals surface area contributed by atoms with Crippen LogP contribution in [0.15, 0.2) is 18.2 Å². The number of rotatable bonds is 5. The molecular formula is C23H32N2O4. The molecule has 1 aromatic carbocycles. The second-order valence-electron chi connectivity index (χ2n) is 9.99. The molecule has 6 heteroatoms. The highest BCUT2D eigenvalue weighted by Crippen LogP contribution is 2.47. The Morgan fingerprint density at radius 2 is 2.03 bits per heavy atom. The Labute approximate surface area is 173 Å². The molecule has 2 aliphatic heterocycles. The van der Waals surface area contributed by atoms with Gasteiger partial charge in [-0.3, -0.25) is 4.79 Å². The number of carbonyl (C=O) groups excluding carboxylic acids is 1. The molecule has 0 spiro atoms. The Kier molecular flexibility index (Phi) is 5.44. The van der Waals surface area contributed by atoms with Crippen molar-refractivity contribution in [3.63, 3.8) is 0 Å². The standard InChI is InChI=1S/C23H32N2O4/c1-21(2,27)14-22(3,4)29-20-19(25-11-7-8-18(25)26)16-12-15(13-24)9-10-17(16)28-23(20,5)6/h9-10,12,19-20,27H,7-8,11,14H2,1-6H3. The summed E-state index contributed by atoms with van der Waals surface area (Å²) in [6.45, 7) is 12.0. The first-order chi connectivity index (χ1) is 13.3. The number of hydrogen-bond donors (Lipinski definition) is 1. The lowest BCUT2D eigenvalue weighted by molar-refractivity contribution is -0.194. The first-order valence-electron chi connectivity index (χ1n) is 10.3. The number of aliphatic hydroxyl groups is 1. The van der Waals surface area contributed by atoms with E-state index in [4.69, 9.17) is 9.47 Å². The molecule has 0 saturated carbocycles. The van der Waals surface area contributed by atoms with Gasteiger partial charge in [0.15, 0.2) is 0 Å². The quantitative estimate of drug-likeness (QED) is 0.814. The molecule has 2 unspecified atom stereocenters. The number of amides is 1. The summed E-state index contributed by atoms with van der Waals surface area (Å²) in [6, 6.07) is 7.18. The van der Waals surface area contributed by atoms with E-state index in [2.05, 4.69) is 6.07 Å². The maximum Gasteiger partial charge on any atom is 0.223 e. The summed E-state index contributed by atoms with van der Waals surface area (Å²) in [5.41, 5.74) is -0.907. The van der Waals surface area contributed by atoms with Crippen LogP contribution in [0, 0.1) is 11.3 Å². The average molecular weight is 401 g/mol. The molecule has 0 aromatic heterocycles. The van der Waals surface area contributed by atoms with Gasteiger partial charge in [0.25, 0.3) is 0 Å². The average Bonchev–Trinajstić information content (AvgIpc) is 2.98. The van der Waals surface area contributed by atoms with Crippen LogP contribution < -0.4 is 4.74 Å². The van der Waals surface area contributed by atoms with Gasteiger partial charge in [0, 0.05) is 24.9 Å². The van der Waals surface area contributed by atoms with Crippen molar-refractivity contribution in [1.82, 2.24) is 4.90 Å². The normalized spacial score (nSPS) is 24.1. The first kappa shape index (κ1) is 21.6. The summed E-state index contributed by atoms with van der Waals surface area (Å²) in [7, 11) is 0. The van der Waals surface area contributed by atoms with Gasteiger partial charge >= 0.3 is 0 Å². The summed E-state index contributed by atoms with van der Waals surface area (Å²) < 4.78 is 12.9. The van der Waals surface area contributed by atoms with Gasteiger partial charge in [-0.15, -0.1) is 0 Å². The number of fused-ring (bicyclic) bond motifs is 1. The van der Waals surface area contributed by atoms with Crippen LogP contribution in [0.2, 0.25) is 0 Å². The number of likely N-dealkylation sites (tertiary alicyclic amines) is 1. The minimum Gasteiger partial charge on any atom is -0.485 e. The van der Waals surface area contributed by atoms with Crippen molar-refractivity contribution in [2.75, 3.05) is 6.54 Å². The zero-order chi connectivity index (χ0) is 21.6. The summed E-state index contributed by atoms with van der Waals surface area (Å²) in [4.78, 5) is 14.6. The summed E-state index contributed by atoms with van der Waals surface area (Å²) >= 11 is 0. The van der Waals surface area contributed by atoms with Crippen LogP contribution in [0.5, 0.6) is 5.75 Å². The highest BCUT2D eigenvalue weighted by Gasteiger charge is 2.51. The van der Waals surface area contributed by atoms with Gasteiger partial charge in [0.1, 0.15) is 17.5 Å². The molecule has 0 radical (unpaired) electrons. The van der Waals surface area contributed by atoms with E-state index in [0.29, 0.717) is 30.7 Å². The largest absolute Gasteiger partial charge is 0.485 e. The Morgan fingerprint density at radius 1 is 1.34 bits per heavy atom.